The number of benzene rings is 2. The molecule has 144 valence electrons. The third kappa shape index (κ3) is 4.78. The van der Waals surface area contributed by atoms with Gasteiger partial charge < -0.3 is 9.73 Å². The lowest BCUT2D eigenvalue weighted by atomic mass is 10.1. The quantitative estimate of drug-likeness (QED) is 0.409. The summed E-state index contributed by atoms with van der Waals surface area (Å²) < 4.78 is 6.92. The Morgan fingerprint density at radius 3 is 2.28 bits per heavy atom. The molecule has 0 spiro atoms. The van der Waals surface area contributed by atoms with Gasteiger partial charge in [-0.2, -0.15) is 0 Å². The highest BCUT2D eigenvalue weighted by Gasteiger charge is 2.17. The van der Waals surface area contributed by atoms with E-state index >= 15 is 0 Å². The molecule has 0 saturated carbocycles. The first-order valence-corrected chi connectivity index (χ1v) is 10.0. The summed E-state index contributed by atoms with van der Waals surface area (Å²) in [5, 5.41) is 2.78. The minimum atomic E-state index is -0.138. The van der Waals surface area contributed by atoms with Gasteiger partial charge in [-0.05, 0) is 28.1 Å². The van der Waals surface area contributed by atoms with Gasteiger partial charge in [-0.3, -0.25) is 4.79 Å². The van der Waals surface area contributed by atoms with Crippen LogP contribution in [0.5, 0.6) is 0 Å². The van der Waals surface area contributed by atoms with Gasteiger partial charge in [0, 0.05) is 34.6 Å². The summed E-state index contributed by atoms with van der Waals surface area (Å²) in [4.78, 5) is 21.1. The van der Waals surface area contributed by atoms with E-state index in [1.54, 1.807) is 12.3 Å². The summed E-state index contributed by atoms with van der Waals surface area (Å²) in [6.45, 7) is 0. The second-order valence-corrected chi connectivity index (χ2v) is 7.34. The van der Waals surface area contributed by atoms with Crippen LogP contribution >= 0.6 is 15.9 Å². The van der Waals surface area contributed by atoms with E-state index < -0.39 is 0 Å². The predicted molar refractivity (Wildman–Crippen MR) is 116 cm³/mol. The van der Waals surface area contributed by atoms with E-state index in [-0.39, 0.29) is 12.3 Å². The average molecular weight is 448 g/mol. The van der Waals surface area contributed by atoms with Crippen molar-refractivity contribution in [2.24, 2.45) is 0 Å². The first kappa shape index (κ1) is 19.1. The summed E-state index contributed by atoms with van der Waals surface area (Å²) in [6, 6.07) is 23.3. The molecule has 2 heterocycles. The maximum atomic E-state index is 12.3. The number of oxazole rings is 1. The van der Waals surface area contributed by atoms with E-state index in [2.05, 4.69) is 31.2 Å². The van der Waals surface area contributed by atoms with Gasteiger partial charge >= 0.3 is 0 Å². The highest BCUT2D eigenvalue weighted by molar-refractivity contribution is 9.10. The number of aromatic nitrogens is 2. The highest BCUT2D eigenvalue weighted by Crippen LogP contribution is 2.32. The molecule has 4 aromatic rings. The van der Waals surface area contributed by atoms with Crippen molar-refractivity contribution in [1.29, 1.82) is 0 Å². The Hall–Kier alpha value is -3.25. The zero-order chi connectivity index (χ0) is 20.1. The van der Waals surface area contributed by atoms with Crippen molar-refractivity contribution in [3.8, 4) is 22.6 Å². The Morgan fingerprint density at radius 1 is 0.931 bits per heavy atom. The van der Waals surface area contributed by atoms with Crippen molar-refractivity contribution in [1.82, 2.24) is 9.97 Å². The lowest BCUT2D eigenvalue weighted by Gasteiger charge is -2.03. The number of anilines is 1. The zero-order valence-electron chi connectivity index (χ0n) is 15.5. The van der Waals surface area contributed by atoms with Gasteiger partial charge in [0.1, 0.15) is 11.5 Å². The second kappa shape index (κ2) is 8.84. The smallest absolute Gasteiger partial charge is 0.226 e. The maximum Gasteiger partial charge on any atom is 0.226 e. The molecule has 0 bridgehead atoms. The van der Waals surface area contributed by atoms with Gasteiger partial charge in [0.15, 0.2) is 11.7 Å². The molecule has 6 heteroatoms. The Bertz CT molecular complexity index is 1040. The molecule has 0 aliphatic carbocycles. The molecule has 0 unspecified atom stereocenters. The van der Waals surface area contributed by atoms with Crippen LogP contribution in [0.2, 0.25) is 0 Å². The Balaban J connectivity index is 1.53. The van der Waals surface area contributed by atoms with Crippen LogP contribution in [0.4, 0.5) is 5.82 Å². The first-order chi connectivity index (χ1) is 14.2. The lowest BCUT2D eigenvalue weighted by Crippen LogP contribution is -2.13. The Kier molecular flexibility index (Phi) is 5.81. The first-order valence-electron chi connectivity index (χ1n) is 9.21. The number of pyridine rings is 1. The van der Waals surface area contributed by atoms with Crippen molar-refractivity contribution < 1.29 is 9.21 Å². The third-order valence-electron chi connectivity index (χ3n) is 4.32. The van der Waals surface area contributed by atoms with Crippen molar-refractivity contribution in [3.63, 3.8) is 0 Å². The van der Waals surface area contributed by atoms with Gasteiger partial charge in [0.25, 0.3) is 0 Å². The van der Waals surface area contributed by atoms with E-state index in [1.165, 1.54) is 0 Å². The SMILES string of the molecule is O=C(CCc1nc(-c2ccccc2)c(-c2ccccc2)o1)Nc1ccc(Br)cn1. The molecule has 0 aliphatic rings. The molecule has 1 N–H and O–H groups in total. The number of carbonyl (C=O) groups excluding carboxylic acids is 1. The molecule has 0 fully saturated rings. The lowest BCUT2D eigenvalue weighted by molar-refractivity contribution is -0.116. The van der Waals surface area contributed by atoms with Crippen LogP contribution in [0, 0.1) is 0 Å². The number of aryl methyl sites for hydroxylation is 1. The van der Waals surface area contributed by atoms with Gasteiger partial charge in [-0.25, -0.2) is 9.97 Å². The van der Waals surface area contributed by atoms with Crippen molar-refractivity contribution in [2.75, 3.05) is 5.32 Å². The third-order valence-corrected chi connectivity index (χ3v) is 4.78. The van der Waals surface area contributed by atoms with E-state index in [1.807, 2.05) is 66.7 Å². The van der Waals surface area contributed by atoms with Gasteiger partial charge in [0.05, 0.1) is 0 Å². The topological polar surface area (TPSA) is 68.0 Å². The molecule has 2 aromatic heterocycles. The van der Waals surface area contributed by atoms with Gasteiger partial charge in [-0.15, -0.1) is 0 Å². The minimum absolute atomic E-state index is 0.138. The van der Waals surface area contributed by atoms with E-state index in [9.17, 15) is 4.79 Å². The number of carbonyl (C=O) groups is 1. The zero-order valence-corrected chi connectivity index (χ0v) is 17.1. The van der Waals surface area contributed by atoms with E-state index in [4.69, 9.17) is 4.42 Å². The standard InChI is InChI=1S/C23H18BrN3O2/c24-18-11-12-19(25-15-18)26-20(28)13-14-21-27-22(16-7-3-1-4-8-16)23(29-21)17-9-5-2-6-10-17/h1-12,15H,13-14H2,(H,25,26,28). The number of nitrogens with zero attached hydrogens (tertiary/aromatic N) is 2. The molecule has 1 amide bonds. The Morgan fingerprint density at radius 2 is 1.62 bits per heavy atom. The van der Waals surface area contributed by atoms with E-state index in [0.29, 0.717) is 23.9 Å². The minimum Gasteiger partial charge on any atom is -0.440 e. The number of amides is 1. The average Bonchev–Trinajstić information content (AvgIpc) is 3.20. The molecule has 0 radical (unpaired) electrons. The molecule has 0 saturated heterocycles. The van der Waals surface area contributed by atoms with Crippen molar-refractivity contribution >= 4 is 27.7 Å². The van der Waals surface area contributed by atoms with E-state index in [0.717, 1.165) is 21.3 Å². The molecular formula is C23H18BrN3O2. The molecular weight excluding hydrogens is 430 g/mol. The largest absolute Gasteiger partial charge is 0.440 e. The maximum absolute atomic E-state index is 12.3. The monoisotopic (exact) mass is 447 g/mol. The normalized spacial score (nSPS) is 10.7. The fourth-order valence-corrected chi connectivity index (χ4v) is 3.16. The number of hydrogen-bond acceptors (Lipinski definition) is 4. The molecule has 0 aliphatic heterocycles. The molecule has 5 nitrogen and oxygen atoms in total. The van der Waals surface area contributed by atoms with Crippen molar-refractivity contribution in [3.05, 3.63) is 89.4 Å². The summed E-state index contributed by atoms with van der Waals surface area (Å²) in [5.41, 5.74) is 2.71. The summed E-state index contributed by atoms with van der Waals surface area (Å²) in [5.74, 6) is 1.62. The second-order valence-electron chi connectivity index (χ2n) is 6.43. The van der Waals surface area contributed by atoms with Gasteiger partial charge in [-0.1, -0.05) is 60.7 Å². The molecule has 2 aromatic carbocycles. The van der Waals surface area contributed by atoms with Crippen LogP contribution in [0.15, 0.2) is 87.9 Å². The van der Waals surface area contributed by atoms with Crippen LogP contribution in [-0.4, -0.2) is 15.9 Å². The number of nitrogens with one attached hydrogen (secondary N) is 1. The van der Waals surface area contributed by atoms with Crippen LogP contribution < -0.4 is 5.32 Å². The van der Waals surface area contributed by atoms with Crippen LogP contribution in [0.3, 0.4) is 0 Å². The molecule has 29 heavy (non-hydrogen) atoms. The highest BCUT2D eigenvalue weighted by atomic mass is 79.9. The summed E-state index contributed by atoms with van der Waals surface area (Å²) in [7, 11) is 0. The van der Waals surface area contributed by atoms with Crippen LogP contribution in [0.25, 0.3) is 22.6 Å². The summed E-state index contributed by atoms with van der Waals surface area (Å²) >= 11 is 3.32. The molecule has 4 rings (SSSR count). The molecule has 0 atom stereocenters. The fourth-order valence-electron chi connectivity index (χ4n) is 2.92. The number of rotatable bonds is 6. The Labute approximate surface area is 177 Å². The predicted octanol–water partition coefficient (Wildman–Crippen LogP) is 5.74. The summed E-state index contributed by atoms with van der Waals surface area (Å²) in [6.07, 6.45) is 2.29. The number of halogens is 1. The van der Waals surface area contributed by atoms with Crippen molar-refractivity contribution in [2.45, 2.75) is 12.8 Å². The fraction of sp³-hybridized carbons (Fsp3) is 0.0870. The van der Waals surface area contributed by atoms with Crippen LogP contribution in [-0.2, 0) is 11.2 Å². The van der Waals surface area contributed by atoms with Gasteiger partial charge in [0.2, 0.25) is 5.91 Å². The number of hydrogen-bond donors (Lipinski definition) is 1. The van der Waals surface area contributed by atoms with Crippen LogP contribution in [0.1, 0.15) is 12.3 Å².